The zero-order chi connectivity index (χ0) is 17.2. The molecule has 0 unspecified atom stereocenters. The van der Waals surface area contributed by atoms with Crippen LogP contribution >= 0.6 is 0 Å². The average molecular weight is 337 g/mol. The minimum absolute atomic E-state index is 0.0114. The molecule has 25 heavy (non-hydrogen) atoms. The van der Waals surface area contributed by atoms with E-state index in [1.807, 2.05) is 28.9 Å². The lowest BCUT2D eigenvalue weighted by Crippen LogP contribution is -2.40. The minimum Gasteiger partial charge on any atom is -0.336 e. The first-order chi connectivity index (χ1) is 12.2. The highest BCUT2D eigenvalue weighted by molar-refractivity contribution is 5.94. The molecule has 0 saturated carbocycles. The van der Waals surface area contributed by atoms with Crippen molar-refractivity contribution in [3.63, 3.8) is 0 Å². The van der Waals surface area contributed by atoms with E-state index in [4.69, 9.17) is 0 Å². The fraction of sp³-hybridized carbons (Fsp3) is 0.353. The van der Waals surface area contributed by atoms with E-state index in [1.165, 1.54) is 6.33 Å². The minimum atomic E-state index is 0.0114. The molecule has 0 bridgehead atoms. The Morgan fingerprint density at radius 1 is 1.32 bits per heavy atom. The number of aryl methyl sites for hydroxylation is 1. The van der Waals surface area contributed by atoms with Gasteiger partial charge < -0.3 is 4.90 Å². The number of hydrogen-bond donors (Lipinski definition) is 0. The van der Waals surface area contributed by atoms with Gasteiger partial charge in [-0.15, -0.1) is 0 Å². The molecule has 0 aliphatic carbocycles. The molecule has 4 heterocycles. The topological polar surface area (TPSA) is 81.7 Å². The Balaban J connectivity index is 1.53. The highest BCUT2D eigenvalue weighted by atomic mass is 16.2. The molecule has 4 rings (SSSR count). The van der Waals surface area contributed by atoms with Gasteiger partial charge in [0.25, 0.3) is 5.91 Å². The summed E-state index contributed by atoms with van der Waals surface area (Å²) < 4.78 is 3.52. The first kappa shape index (κ1) is 15.5. The maximum Gasteiger partial charge on any atom is 0.254 e. The molecule has 1 saturated heterocycles. The number of carbonyl (C=O) groups is 1. The van der Waals surface area contributed by atoms with Crippen molar-refractivity contribution < 1.29 is 4.79 Å². The van der Waals surface area contributed by atoms with Crippen molar-refractivity contribution in [2.75, 3.05) is 13.1 Å². The Kier molecular flexibility index (Phi) is 4.01. The molecule has 1 fully saturated rings. The van der Waals surface area contributed by atoms with Gasteiger partial charge in [-0.3, -0.25) is 9.48 Å². The van der Waals surface area contributed by atoms with Crippen molar-refractivity contribution in [3.05, 3.63) is 54.5 Å². The molecule has 3 aromatic heterocycles. The predicted molar refractivity (Wildman–Crippen MR) is 90.3 cm³/mol. The SMILES string of the molecule is Cc1cnn([C@@H]2CCCN(C(=O)c3ccnc(-n4cncn4)c3)C2)c1. The van der Waals surface area contributed by atoms with Crippen LogP contribution in [0.25, 0.3) is 5.82 Å². The molecular formula is C17H19N7O. The second kappa shape index (κ2) is 6.46. The maximum atomic E-state index is 12.9. The number of amides is 1. The Morgan fingerprint density at radius 3 is 3.00 bits per heavy atom. The number of rotatable bonds is 3. The largest absolute Gasteiger partial charge is 0.336 e. The molecule has 128 valence electrons. The van der Waals surface area contributed by atoms with Crippen molar-refractivity contribution in [1.29, 1.82) is 0 Å². The molecule has 0 spiro atoms. The zero-order valence-corrected chi connectivity index (χ0v) is 14.0. The summed E-state index contributed by atoms with van der Waals surface area (Å²) >= 11 is 0. The normalized spacial score (nSPS) is 17.6. The van der Waals surface area contributed by atoms with Crippen molar-refractivity contribution in [2.45, 2.75) is 25.8 Å². The van der Waals surface area contributed by atoms with Gasteiger partial charge in [0.15, 0.2) is 5.82 Å². The van der Waals surface area contributed by atoms with E-state index in [0.29, 0.717) is 17.9 Å². The third kappa shape index (κ3) is 3.15. The number of likely N-dealkylation sites (tertiary alicyclic amines) is 1. The van der Waals surface area contributed by atoms with Crippen LogP contribution in [0.1, 0.15) is 34.8 Å². The molecule has 0 aromatic carbocycles. The van der Waals surface area contributed by atoms with Gasteiger partial charge in [0.05, 0.1) is 12.2 Å². The second-order valence-electron chi connectivity index (χ2n) is 6.29. The first-order valence-corrected chi connectivity index (χ1v) is 8.32. The molecule has 1 aliphatic rings. The molecular weight excluding hydrogens is 318 g/mol. The highest BCUT2D eigenvalue weighted by Gasteiger charge is 2.26. The van der Waals surface area contributed by atoms with Crippen molar-refractivity contribution in [2.24, 2.45) is 0 Å². The van der Waals surface area contributed by atoms with E-state index in [9.17, 15) is 4.79 Å². The third-order valence-corrected chi connectivity index (χ3v) is 4.43. The summed E-state index contributed by atoms with van der Waals surface area (Å²) in [7, 11) is 0. The van der Waals surface area contributed by atoms with Gasteiger partial charge in [-0.05, 0) is 37.5 Å². The van der Waals surface area contributed by atoms with Gasteiger partial charge in [0.2, 0.25) is 0 Å². The fourth-order valence-electron chi connectivity index (χ4n) is 3.17. The van der Waals surface area contributed by atoms with Gasteiger partial charge in [-0.2, -0.15) is 10.2 Å². The molecule has 8 heteroatoms. The number of pyridine rings is 1. The Labute approximate surface area is 145 Å². The lowest BCUT2D eigenvalue weighted by atomic mass is 10.0. The van der Waals surface area contributed by atoms with Gasteiger partial charge >= 0.3 is 0 Å². The van der Waals surface area contributed by atoms with Crippen molar-refractivity contribution in [1.82, 2.24) is 34.4 Å². The molecule has 1 amide bonds. The monoisotopic (exact) mass is 337 g/mol. The van der Waals surface area contributed by atoms with E-state index in [2.05, 4.69) is 20.2 Å². The molecule has 0 radical (unpaired) electrons. The highest BCUT2D eigenvalue weighted by Crippen LogP contribution is 2.23. The van der Waals surface area contributed by atoms with Crippen LogP contribution in [0.15, 0.2) is 43.4 Å². The predicted octanol–water partition coefficient (Wildman–Crippen LogP) is 1.64. The van der Waals surface area contributed by atoms with Crippen LogP contribution in [-0.2, 0) is 0 Å². The van der Waals surface area contributed by atoms with Gasteiger partial charge in [0.1, 0.15) is 12.7 Å². The van der Waals surface area contributed by atoms with E-state index >= 15 is 0 Å². The summed E-state index contributed by atoms with van der Waals surface area (Å²) in [5.41, 5.74) is 1.74. The quantitative estimate of drug-likeness (QED) is 0.726. The van der Waals surface area contributed by atoms with Crippen LogP contribution in [0.4, 0.5) is 0 Å². The third-order valence-electron chi connectivity index (χ3n) is 4.43. The molecule has 3 aromatic rings. The molecule has 8 nitrogen and oxygen atoms in total. The number of piperidine rings is 1. The van der Waals surface area contributed by atoms with E-state index in [1.54, 1.807) is 29.3 Å². The summed E-state index contributed by atoms with van der Waals surface area (Å²) in [6, 6.07) is 3.71. The Bertz CT molecular complexity index is 871. The van der Waals surface area contributed by atoms with Crippen LogP contribution in [0.3, 0.4) is 0 Å². The summed E-state index contributed by atoms with van der Waals surface area (Å²) in [6.07, 6.45) is 10.5. The van der Waals surface area contributed by atoms with Crippen LogP contribution in [0.5, 0.6) is 0 Å². The molecule has 1 aliphatic heterocycles. The number of aromatic nitrogens is 6. The summed E-state index contributed by atoms with van der Waals surface area (Å²) in [5, 5.41) is 8.46. The average Bonchev–Trinajstić information content (AvgIpc) is 3.33. The summed E-state index contributed by atoms with van der Waals surface area (Å²) in [4.78, 5) is 23.0. The van der Waals surface area contributed by atoms with Crippen LogP contribution in [0.2, 0.25) is 0 Å². The van der Waals surface area contributed by atoms with E-state index < -0.39 is 0 Å². The lowest BCUT2D eigenvalue weighted by molar-refractivity contribution is 0.0673. The standard InChI is InChI=1S/C17H19N7O/c1-13-8-20-23(9-13)15-3-2-6-22(10-15)17(25)14-4-5-19-16(7-14)24-12-18-11-21-24/h4-5,7-9,11-12,15H,2-3,6,10H2,1H3/t15-/m1/s1. The lowest BCUT2D eigenvalue weighted by Gasteiger charge is -2.33. The van der Waals surface area contributed by atoms with E-state index in [0.717, 1.165) is 24.9 Å². The molecule has 1 atom stereocenters. The summed E-state index contributed by atoms with van der Waals surface area (Å²) in [6.45, 7) is 3.45. The van der Waals surface area contributed by atoms with Gasteiger partial charge in [-0.1, -0.05) is 0 Å². The van der Waals surface area contributed by atoms with Gasteiger partial charge in [-0.25, -0.2) is 14.6 Å². The first-order valence-electron chi connectivity index (χ1n) is 8.32. The Hall–Kier alpha value is -3.03. The maximum absolute atomic E-state index is 12.9. The number of carbonyl (C=O) groups excluding carboxylic acids is 1. The fourth-order valence-corrected chi connectivity index (χ4v) is 3.17. The van der Waals surface area contributed by atoms with Crippen LogP contribution in [-0.4, -0.2) is 53.4 Å². The molecule has 0 N–H and O–H groups in total. The summed E-state index contributed by atoms with van der Waals surface area (Å²) in [5.74, 6) is 0.594. The van der Waals surface area contributed by atoms with E-state index in [-0.39, 0.29) is 11.9 Å². The van der Waals surface area contributed by atoms with Crippen molar-refractivity contribution >= 4 is 5.91 Å². The Morgan fingerprint density at radius 2 is 2.24 bits per heavy atom. The van der Waals surface area contributed by atoms with Crippen molar-refractivity contribution in [3.8, 4) is 5.82 Å². The van der Waals surface area contributed by atoms with Crippen LogP contribution < -0.4 is 0 Å². The van der Waals surface area contributed by atoms with Gasteiger partial charge in [0, 0.05) is 31.0 Å². The number of hydrogen-bond acceptors (Lipinski definition) is 5. The number of nitrogens with zero attached hydrogens (tertiary/aromatic N) is 7. The second-order valence-corrected chi connectivity index (χ2v) is 6.29. The van der Waals surface area contributed by atoms with Crippen LogP contribution in [0, 0.1) is 6.92 Å². The smallest absolute Gasteiger partial charge is 0.254 e. The zero-order valence-electron chi connectivity index (χ0n) is 14.0.